The van der Waals surface area contributed by atoms with Crippen molar-refractivity contribution in [2.24, 2.45) is 5.92 Å². The van der Waals surface area contributed by atoms with Gasteiger partial charge in [-0.15, -0.1) is 0 Å². The molecule has 1 saturated heterocycles. The molecule has 1 aliphatic rings. The van der Waals surface area contributed by atoms with Crippen LogP contribution in [0.25, 0.3) is 0 Å². The first kappa shape index (κ1) is 19.4. The third-order valence-electron chi connectivity index (χ3n) is 4.58. The zero-order valence-electron chi connectivity index (χ0n) is 14.8. The van der Waals surface area contributed by atoms with Crippen molar-refractivity contribution in [2.75, 3.05) is 18.4 Å². The van der Waals surface area contributed by atoms with Crippen LogP contribution in [-0.4, -0.2) is 36.9 Å². The summed E-state index contributed by atoms with van der Waals surface area (Å²) >= 11 is 0. The highest BCUT2D eigenvalue weighted by Gasteiger charge is 2.35. The molecule has 1 aliphatic heterocycles. The molecule has 10 heteroatoms. The Labute approximate surface area is 155 Å². The monoisotopic (exact) mass is 399 g/mol. The number of nitrogens with one attached hydrogen (secondary N) is 1. The van der Waals surface area contributed by atoms with Crippen molar-refractivity contribution in [3.63, 3.8) is 0 Å². The Morgan fingerprint density at radius 1 is 1.26 bits per heavy atom. The molecule has 0 unspecified atom stereocenters. The summed E-state index contributed by atoms with van der Waals surface area (Å²) in [5.41, 5.74) is 0.186. The second-order valence-electron chi connectivity index (χ2n) is 6.45. The van der Waals surface area contributed by atoms with E-state index in [0.717, 1.165) is 12.1 Å². The largest absolute Gasteiger partial charge is 0.360 e. The molecule has 1 amide bonds. The van der Waals surface area contributed by atoms with Crippen molar-refractivity contribution in [3.8, 4) is 0 Å². The van der Waals surface area contributed by atoms with Crippen molar-refractivity contribution in [1.82, 2.24) is 9.46 Å². The van der Waals surface area contributed by atoms with E-state index in [9.17, 15) is 22.0 Å². The molecule has 0 radical (unpaired) electrons. The molecule has 0 aliphatic carbocycles. The number of piperidine rings is 1. The first-order valence-corrected chi connectivity index (χ1v) is 9.83. The van der Waals surface area contributed by atoms with Crippen molar-refractivity contribution < 1.29 is 26.5 Å². The van der Waals surface area contributed by atoms with Gasteiger partial charge < -0.3 is 9.84 Å². The summed E-state index contributed by atoms with van der Waals surface area (Å²) in [7, 11) is -3.76. The predicted octanol–water partition coefficient (Wildman–Crippen LogP) is 2.61. The molecule has 1 N–H and O–H groups in total. The summed E-state index contributed by atoms with van der Waals surface area (Å²) in [4.78, 5) is 12.4. The Hall–Kier alpha value is -2.33. The van der Waals surface area contributed by atoms with Crippen LogP contribution in [-0.2, 0) is 14.8 Å². The Balaban J connectivity index is 1.65. The van der Waals surface area contributed by atoms with Gasteiger partial charge in [-0.25, -0.2) is 17.2 Å². The van der Waals surface area contributed by atoms with Gasteiger partial charge in [0.1, 0.15) is 22.2 Å². The number of sulfonamides is 1. The van der Waals surface area contributed by atoms with Crippen molar-refractivity contribution in [3.05, 3.63) is 41.3 Å². The van der Waals surface area contributed by atoms with E-state index in [2.05, 4.69) is 10.5 Å². The van der Waals surface area contributed by atoms with Gasteiger partial charge in [-0.1, -0.05) is 5.16 Å². The van der Waals surface area contributed by atoms with Gasteiger partial charge in [0, 0.05) is 25.1 Å². The molecule has 27 heavy (non-hydrogen) atoms. The maximum Gasteiger partial charge on any atom is 0.248 e. The summed E-state index contributed by atoms with van der Waals surface area (Å²) in [6.45, 7) is 3.39. The van der Waals surface area contributed by atoms with E-state index in [1.165, 1.54) is 11.2 Å². The Bertz CT molecular complexity index is 947. The van der Waals surface area contributed by atoms with Gasteiger partial charge >= 0.3 is 0 Å². The topological polar surface area (TPSA) is 92.5 Å². The molecule has 1 aromatic heterocycles. The van der Waals surface area contributed by atoms with E-state index < -0.39 is 33.5 Å². The number of amides is 1. The molecule has 0 bridgehead atoms. The highest BCUT2D eigenvalue weighted by atomic mass is 32.2. The van der Waals surface area contributed by atoms with Gasteiger partial charge in [0.2, 0.25) is 15.9 Å². The molecular formula is C17H19F2N3O4S. The Morgan fingerprint density at radius 2 is 1.93 bits per heavy atom. The summed E-state index contributed by atoms with van der Waals surface area (Å²) in [5.74, 6) is -2.26. The third kappa shape index (κ3) is 3.86. The van der Waals surface area contributed by atoms with E-state index in [1.807, 2.05) is 0 Å². The van der Waals surface area contributed by atoms with Gasteiger partial charge in [-0.3, -0.25) is 4.79 Å². The van der Waals surface area contributed by atoms with Crippen molar-refractivity contribution in [2.45, 2.75) is 31.6 Å². The van der Waals surface area contributed by atoms with Gasteiger partial charge in [-0.05, 0) is 38.8 Å². The minimum absolute atomic E-state index is 0.0544. The van der Waals surface area contributed by atoms with Crippen molar-refractivity contribution in [1.29, 1.82) is 0 Å². The fourth-order valence-corrected chi connectivity index (χ4v) is 4.92. The number of hydrogen-bond donors (Lipinski definition) is 1. The number of halogens is 2. The van der Waals surface area contributed by atoms with Gasteiger partial charge in [0.05, 0.1) is 5.69 Å². The highest BCUT2D eigenvalue weighted by molar-refractivity contribution is 7.89. The zero-order chi connectivity index (χ0) is 19.8. The van der Waals surface area contributed by atoms with Crippen LogP contribution in [0, 0.1) is 31.4 Å². The van der Waals surface area contributed by atoms with Crippen LogP contribution in [0.5, 0.6) is 0 Å². The number of aryl methyl sites for hydroxylation is 2. The number of rotatable bonds is 4. The van der Waals surface area contributed by atoms with Crippen LogP contribution < -0.4 is 5.32 Å². The Morgan fingerprint density at radius 3 is 2.48 bits per heavy atom. The quantitative estimate of drug-likeness (QED) is 0.853. The lowest BCUT2D eigenvalue weighted by Gasteiger charge is -2.30. The van der Waals surface area contributed by atoms with E-state index in [4.69, 9.17) is 4.52 Å². The summed E-state index contributed by atoms with van der Waals surface area (Å²) in [5, 5.41) is 6.11. The van der Waals surface area contributed by atoms with Gasteiger partial charge in [-0.2, -0.15) is 4.31 Å². The summed E-state index contributed by atoms with van der Waals surface area (Å²) < 4.78 is 58.4. The minimum Gasteiger partial charge on any atom is -0.360 e. The third-order valence-corrected chi connectivity index (χ3v) is 6.72. The standard InChI is InChI=1S/C17H19F2N3O4S/c1-10-16(11(2)26-21-10)27(24,25)22-7-5-12(6-8-22)17(23)20-15-4-3-13(18)9-14(15)19/h3-4,9,12H,5-8H2,1-2H3,(H,20,23). The van der Waals surface area contributed by atoms with E-state index in [0.29, 0.717) is 11.8 Å². The van der Waals surface area contributed by atoms with Crippen LogP contribution in [0.2, 0.25) is 0 Å². The van der Waals surface area contributed by atoms with Crippen LogP contribution in [0.3, 0.4) is 0 Å². The smallest absolute Gasteiger partial charge is 0.248 e. The number of carbonyl (C=O) groups is 1. The molecule has 2 heterocycles. The zero-order valence-corrected chi connectivity index (χ0v) is 15.6. The van der Waals surface area contributed by atoms with Crippen LogP contribution in [0.1, 0.15) is 24.3 Å². The van der Waals surface area contributed by atoms with Gasteiger partial charge in [0.25, 0.3) is 0 Å². The van der Waals surface area contributed by atoms with Crippen molar-refractivity contribution >= 4 is 21.6 Å². The highest BCUT2D eigenvalue weighted by Crippen LogP contribution is 2.28. The normalized spacial score (nSPS) is 16.4. The lowest BCUT2D eigenvalue weighted by molar-refractivity contribution is -0.120. The average Bonchev–Trinajstić information content (AvgIpc) is 2.96. The fourth-order valence-electron chi connectivity index (χ4n) is 3.16. The molecule has 2 aromatic rings. The second kappa shape index (κ2) is 7.35. The number of hydrogen-bond acceptors (Lipinski definition) is 5. The molecule has 0 spiro atoms. The summed E-state index contributed by atoms with van der Waals surface area (Å²) in [6.07, 6.45) is 0.578. The fraction of sp³-hybridized carbons (Fsp3) is 0.412. The van der Waals surface area contributed by atoms with Crippen LogP contribution in [0.15, 0.2) is 27.6 Å². The molecule has 3 rings (SSSR count). The molecule has 0 saturated carbocycles. The average molecular weight is 399 g/mol. The first-order valence-electron chi connectivity index (χ1n) is 8.39. The minimum atomic E-state index is -3.76. The summed E-state index contributed by atoms with van der Waals surface area (Å²) in [6, 6.07) is 2.89. The number of anilines is 1. The lowest BCUT2D eigenvalue weighted by Crippen LogP contribution is -2.41. The van der Waals surface area contributed by atoms with Gasteiger partial charge in [0.15, 0.2) is 5.76 Å². The number of benzene rings is 1. The molecule has 0 atom stereocenters. The maximum absolute atomic E-state index is 13.7. The molecule has 1 aromatic carbocycles. The lowest BCUT2D eigenvalue weighted by atomic mass is 9.97. The molecule has 1 fully saturated rings. The molecule has 7 nitrogen and oxygen atoms in total. The number of aromatic nitrogens is 1. The van der Waals surface area contributed by atoms with E-state index in [-0.39, 0.29) is 42.3 Å². The Kier molecular flexibility index (Phi) is 5.29. The van der Waals surface area contributed by atoms with E-state index >= 15 is 0 Å². The molecule has 146 valence electrons. The molecular weight excluding hydrogens is 380 g/mol. The second-order valence-corrected chi connectivity index (χ2v) is 8.32. The number of nitrogens with zero attached hydrogens (tertiary/aromatic N) is 2. The predicted molar refractivity (Wildman–Crippen MR) is 92.4 cm³/mol. The van der Waals surface area contributed by atoms with Crippen LogP contribution in [0.4, 0.5) is 14.5 Å². The van der Waals surface area contributed by atoms with Crippen LogP contribution >= 0.6 is 0 Å². The maximum atomic E-state index is 13.7. The van der Waals surface area contributed by atoms with E-state index in [1.54, 1.807) is 6.92 Å². The first-order chi connectivity index (χ1) is 12.7. The SMILES string of the molecule is Cc1noc(C)c1S(=O)(=O)N1CCC(C(=O)Nc2ccc(F)cc2F)CC1. The number of carbonyl (C=O) groups excluding carboxylic acids is 1.